The highest BCUT2D eigenvalue weighted by Gasteiger charge is 2.41. The number of hydrogen-bond acceptors (Lipinski definition) is 2. The summed E-state index contributed by atoms with van der Waals surface area (Å²) in [5.41, 5.74) is -0.378. The van der Waals surface area contributed by atoms with Crippen molar-refractivity contribution in [1.29, 1.82) is 0 Å². The Labute approximate surface area is 113 Å². The average Bonchev–Trinajstić information content (AvgIpc) is 3.18. The first-order chi connectivity index (χ1) is 9.29. The monoisotopic (exact) mass is 290 g/mol. The van der Waals surface area contributed by atoms with Gasteiger partial charge in [-0.1, -0.05) is 0 Å². The van der Waals surface area contributed by atoms with Gasteiger partial charge in [-0.15, -0.1) is 0 Å². The lowest BCUT2D eigenvalue weighted by Crippen LogP contribution is -2.45. The molecule has 1 atom stereocenters. The summed E-state index contributed by atoms with van der Waals surface area (Å²) in [7, 11) is 0. The van der Waals surface area contributed by atoms with Gasteiger partial charge in [-0.05, 0) is 31.7 Å². The van der Waals surface area contributed by atoms with Gasteiger partial charge in [0.25, 0.3) is 5.91 Å². The fourth-order valence-corrected chi connectivity index (χ4v) is 2.13. The van der Waals surface area contributed by atoms with Crippen molar-refractivity contribution in [3.63, 3.8) is 0 Å². The summed E-state index contributed by atoms with van der Waals surface area (Å²) in [6.45, 7) is 0.200. The Kier molecular flexibility index (Phi) is 3.96. The maximum Gasteiger partial charge on any atom is 0.406 e. The van der Waals surface area contributed by atoms with E-state index in [0.717, 1.165) is 25.1 Å². The van der Waals surface area contributed by atoms with E-state index in [1.54, 1.807) is 6.92 Å². The molecule has 1 amide bonds. The molecule has 1 fully saturated rings. The SMILES string of the molecule is CC(C1CC1)N(CC(F)(F)F)C(=O)c1ccncc1F. The molecule has 0 saturated heterocycles. The summed E-state index contributed by atoms with van der Waals surface area (Å²) >= 11 is 0. The van der Waals surface area contributed by atoms with E-state index < -0.39 is 30.5 Å². The maximum absolute atomic E-state index is 13.5. The van der Waals surface area contributed by atoms with Crippen molar-refractivity contribution in [2.45, 2.75) is 32.0 Å². The summed E-state index contributed by atoms with van der Waals surface area (Å²) in [6.07, 6.45) is -0.920. The highest BCUT2D eigenvalue weighted by atomic mass is 19.4. The van der Waals surface area contributed by atoms with Crippen LogP contribution in [0.4, 0.5) is 17.6 Å². The Hall–Kier alpha value is -1.66. The molecule has 3 nitrogen and oxygen atoms in total. The molecule has 1 unspecified atom stereocenters. The Morgan fingerprint density at radius 3 is 2.65 bits per heavy atom. The third kappa shape index (κ3) is 3.46. The molecule has 1 heterocycles. The van der Waals surface area contributed by atoms with Crippen molar-refractivity contribution >= 4 is 5.91 Å². The van der Waals surface area contributed by atoms with Crippen LogP contribution in [0.2, 0.25) is 0 Å². The smallest absolute Gasteiger partial charge is 0.326 e. The number of hydrogen-bond donors (Lipinski definition) is 0. The second kappa shape index (κ2) is 5.38. The third-order valence-corrected chi connectivity index (χ3v) is 3.41. The van der Waals surface area contributed by atoms with Gasteiger partial charge in [-0.25, -0.2) is 4.39 Å². The van der Waals surface area contributed by atoms with Crippen LogP contribution in [0.3, 0.4) is 0 Å². The first-order valence-electron chi connectivity index (χ1n) is 6.27. The van der Waals surface area contributed by atoms with Crippen LogP contribution < -0.4 is 0 Å². The molecule has 1 aromatic rings. The number of alkyl halides is 3. The predicted octanol–water partition coefficient (Wildman–Crippen LogP) is 3.02. The van der Waals surface area contributed by atoms with Crippen molar-refractivity contribution in [1.82, 2.24) is 9.88 Å². The van der Waals surface area contributed by atoms with Crippen molar-refractivity contribution in [2.75, 3.05) is 6.54 Å². The van der Waals surface area contributed by atoms with Crippen molar-refractivity contribution in [3.8, 4) is 0 Å². The number of amides is 1. The summed E-state index contributed by atoms with van der Waals surface area (Å²) < 4.78 is 51.4. The highest BCUT2D eigenvalue weighted by Crippen LogP contribution is 2.36. The molecule has 1 aliphatic carbocycles. The second-order valence-electron chi connectivity index (χ2n) is 4.98. The third-order valence-electron chi connectivity index (χ3n) is 3.41. The van der Waals surface area contributed by atoms with E-state index in [4.69, 9.17) is 0 Å². The van der Waals surface area contributed by atoms with E-state index in [-0.39, 0.29) is 11.5 Å². The van der Waals surface area contributed by atoms with Crippen LogP contribution in [-0.4, -0.2) is 34.6 Å². The molecule has 0 bridgehead atoms. The molecule has 0 aliphatic heterocycles. The minimum atomic E-state index is -4.51. The molecular weight excluding hydrogens is 276 g/mol. The summed E-state index contributed by atoms with van der Waals surface area (Å²) in [4.78, 5) is 16.4. The van der Waals surface area contributed by atoms with Gasteiger partial charge in [0.05, 0.1) is 11.8 Å². The zero-order chi connectivity index (χ0) is 14.9. The molecule has 1 aromatic heterocycles. The van der Waals surface area contributed by atoms with Crippen LogP contribution in [0.25, 0.3) is 0 Å². The zero-order valence-electron chi connectivity index (χ0n) is 10.8. The molecule has 0 aromatic carbocycles. The van der Waals surface area contributed by atoms with Crippen molar-refractivity contribution in [2.24, 2.45) is 5.92 Å². The van der Waals surface area contributed by atoms with Crippen LogP contribution in [0.15, 0.2) is 18.5 Å². The first-order valence-corrected chi connectivity index (χ1v) is 6.27. The molecule has 110 valence electrons. The predicted molar refractivity (Wildman–Crippen MR) is 63.5 cm³/mol. The first kappa shape index (κ1) is 14.7. The van der Waals surface area contributed by atoms with Crippen LogP contribution in [0.5, 0.6) is 0 Å². The molecular formula is C13H14F4N2O. The summed E-state index contributed by atoms with van der Waals surface area (Å²) in [5, 5.41) is 0. The highest BCUT2D eigenvalue weighted by molar-refractivity contribution is 5.94. The van der Waals surface area contributed by atoms with E-state index in [1.165, 1.54) is 6.20 Å². The molecule has 1 aliphatic rings. The number of halogens is 4. The van der Waals surface area contributed by atoms with E-state index in [1.807, 2.05) is 0 Å². The Bertz CT molecular complexity index is 499. The lowest BCUT2D eigenvalue weighted by molar-refractivity contribution is -0.144. The van der Waals surface area contributed by atoms with Crippen LogP contribution in [0, 0.1) is 11.7 Å². The van der Waals surface area contributed by atoms with E-state index in [2.05, 4.69) is 4.98 Å². The molecule has 20 heavy (non-hydrogen) atoms. The van der Waals surface area contributed by atoms with E-state index >= 15 is 0 Å². The van der Waals surface area contributed by atoms with Gasteiger partial charge >= 0.3 is 6.18 Å². The van der Waals surface area contributed by atoms with E-state index in [0.29, 0.717) is 4.90 Å². The van der Waals surface area contributed by atoms with Gasteiger partial charge in [0.2, 0.25) is 0 Å². The van der Waals surface area contributed by atoms with Gasteiger partial charge < -0.3 is 4.90 Å². The van der Waals surface area contributed by atoms with Crippen LogP contribution in [0.1, 0.15) is 30.1 Å². The number of nitrogens with zero attached hydrogens (tertiary/aromatic N) is 2. The number of aromatic nitrogens is 1. The molecule has 0 N–H and O–H groups in total. The minimum absolute atomic E-state index is 0.0613. The van der Waals surface area contributed by atoms with Gasteiger partial charge in [-0.3, -0.25) is 9.78 Å². The second-order valence-corrected chi connectivity index (χ2v) is 4.98. The van der Waals surface area contributed by atoms with Crippen molar-refractivity contribution < 1.29 is 22.4 Å². The zero-order valence-corrected chi connectivity index (χ0v) is 10.8. The molecule has 0 spiro atoms. The quantitative estimate of drug-likeness (QED) is 0.799. The van der Waals surface area contributed by atoms with Gasteiger partial charge in [0.1, 0.15) is 6.54 Å². The van der Waals surface area contributed by atoms with Gasteiger partial charge in [0.15, 0.2) is 5.82 Å². The topological polar surface area (TPSA) is 33.2 Å². The van der Waals surface area contributed by atoms with Gasteiger partial charge in [-0.2, -0.15) is 13.2 Å². The lowest BCUT2D eigenvalue weighted by atomic mass is 10.1. The van der Waals surface area contributed by atoms with Crippen LogP contribution in [-0.2, 0) is 0 Å². The number of pyridine rings is 1. The van der Waals surface area contributed by atoms with Gasteiger partial charge in [0, 0.05) is 12.2 Å². The molecule has 7 heteroatoms. The maximum atomic E-state index is 13.5. The minimum Gasteiger partial charge on any atom is -0.326 e. The average molecular weight is 290 g/mol. The largest absolute Gasteiger partial charge is 0.406 e. The Morgan fingerprint density at radius 2 is 2.15 bits per heavy atom. The van der Waals surface area contributed by atoms with Crippen LogP contribution >= 0.6 is 0 Å². The fraction of sp³-hybridized carbons (Fsp3) is 0.538. The number of carbonyl (C=O) groups excluding carboxylic acids is 1. The molecule has 1 saturated carbocycles. The molecule has 0 radical (unpaired) electrons. The Balaban J connectivity index is 2.25. The Morgan fingerprint density at radius 1 is 1.50 bits per heavy atom. The number of rotatable bonds is 4. The summed E-state index contributed by atoms with van der Waals surface area (Å²) in [6, 6.07) is 0.539. The normalized spacial score (nSPS) is 16.9. The van der Waals surface area contributed by atoms with Crippen molar-refractivity contribution in [3.05, 3.63) is 29.8 Å². The molecule has 2 rings (SSSR count). The fourth-order valence-electron chi connectivity index (χ4n) is 2.13. The standard InChI is InChI=1S/C13H14F4N2O/c1-8(9-2-3-9)19(7-13(15,16)17)12(20)10-4-5-18-6-11(10)14/h4-6,8-9H,2-3,7H2,1H3. The lowest BCUT2D eigenvalue weighted by Gasteiger charge is -2.30. The van der Waals surface area contributed by atoms with E-state index in [9.17, 15) is 22.4 Å². The summed E-state index contributed by atoms with van der Waals surface area (Å²) in [5.74, 6) is -1.79. The number of carbonyl (C=O) groups is 1.